The van der Waals surface area contributed by atoms with Crippen molar-refractivity contribution in [2.45, 2.75) is 32.6 Å². The van der Waals surface area contributed by atoms with Crippen LogP contribution in [0.3, 0.4) is 0 Å². The van der Waals surface area contributed by atoms with E-state index in [9.17, 15) is 4.57 Å². The van der Waals surface area contributed by atoms with Crippen molar-refractivity contribution in [1.29, 1.82) is 0 Å². The standard InChI is InChI=1S/C17H23O3P/c1-3-4-5-8-13-21(18,19-2)20-17-12-11-15-9-6-7-10-16(15)14-17/h6-7,9-12,14H,3-5,8,13H2,1-2H3/t21-/m0/s1. The zero-order chi connectivity index (χ0) is 15.1. The van der Waals surface area contributed by atoms with E-state index < -0.39 is 7.60 Å². The molecular formula is C17H23O3P. The predicted molar refractivity (Wildman–Crippen MR) is 88.2 cm³/mol. The first-order chi connectivity index (χ1) is 10.2. The number of hydrogen-bond donors (Lipinski definition) is 0. The first-order valence-electron chi connectivity index (χ1n) is 7.50. The summed E-state index contributed by atoms with van der Waals surface area (Å²) in [6.07, 6.45) is 4.70. The highest BCUT2D eigenvalue weighted by Crippen LogP contribution is 2.48. The van der Waals surface area contributed by atoms with Gasteiger partial charge in [-0.1, -0.05) is 56.5 Å². The quantitative estimate of drug-likeness (QED) is 0.468. The van der Waals surface area contributed by atoms with Gasteiger partial charge in [-0.2, -0.15) is 0 Å². The smallest absolute Gasteiger partial charge is 0.378 e. The fraction of sp³-hybridized carbons (Fsp3) is 0.412. The minimum atomic E-state index is -3.04. The summed E-state index contributed by atoms with van der Waals surface area (Å²) in [6, 6.07) is 13.8. The van der Waals surface area contributed by atoms with Gasteiger partial charge >= 0.3 is 7.60 Å². The lowest BCUT2D eigenvalue weighted by Gasteiger charge is -2.17. The van der Waals surface area contributed by atoms with E-state index in [1.165, 1.54) is 7.11 Å². The number of hydrogen-bond acceptors (Lipinski definition) is 3. The summed E-state index contributed by atoms with van der Waals surface area (Å²) in [7, 11) is -1.58. The Morgan fingerprint density at radius 3 is 2.48 bits per heavy atom. The van der Waals surface area contributed by atoms with Crippen molar-refractivity contribution in [2.75, 3.05) is 13.3 Å². The van der Waals surface area contributed by atoms with Crippen LogP contribution in [0.4, 0.5) is 0 Å². The van der Waals surface area contributed by atoms with Gasteiger partial charge < -0.3 is 9.05 Å². The van der Waals surface area contributed by atoms with E-state index in [0.29, 0.717) is 11.9 Å². The maximum absolute atomic E-state index is 12.6. The van der Waals surface area contributed by atoms with Gasteiger partial charge in [0.2, 0.25) is 0 Å². The van der Waals surface area contributed by atoms with Gasteiger partial charge in [-0.25, -0.2) is 4.57 Å². The summed E-state index contributed by atoms with van der Waals surface area (Å²) in [5.74, 6) is 0.606. The molecule has 1 atom stereocenters. The van der Waals surface area contributed by atoms with Crippen LogP contribution < -0.4 is 4.52 Å². The molecule has 4 heteroatoms. The molecule has 0 aromatic heterocycles. The molecule has 0 bridgehead atoms. The molecule has 0 radical (unpaired) electrons. The summed E-state index contributed by atoms with van der Waals surface area (Å²) in [5.41, 5.74) is 0. The van der Waals surface area contributed by atoms with E-state index in [1.807, 2.05) is 42.5 Å². The largest absolute Gasteiger partial charge is 0.424 e. The summed E-state index contributed by atoms with van der Waals surface area (Å²) in [4.78, 5) is 0. The van der Waals surface area contributed by atoms with Crippen molar-refractivity contribution >= 4 is 18.4 Å². The Morgan fingerprint density at radius 1 is 1.00 bits per heavy atom. The molecule has 21 heavy (non-hydrogen) atoms. The highest BCUT2D eigenvalue weighted by molar-refractivity contribution is 7.54. The van der Waals surface area contributed by atoms with E-state index in [2.05, 4.69) is 6.92 Å². The molecule has 0 saturated carbocycles. The van der Waals surface area contributed by atoms with Crippen molar-refractivity contribution in [3.8, 4) is 5.75 Å². The second-order valence-corrected chi connectivity index (χ2v) is 7.39. The van der Waals surface area contributed by atoms with E-state index in [4.69, 9.17) is 9.05 Å². The molecule has 3 nitrogen and oxygen atoms in total. The Hall–Kier alpha value is -1.31. The van der Waals surface area contributed by atoms with Crippen LogP contribution in [0.5, 0.6) is 5.75 Å². The Labute approximate surface area is 126 Å². The van der Waals surface area contributed by atoms with Crippen molar-refractivity contribution < 1.29 is 13.6 Å². The first kappa shape index (κ1) is 16.1. The minimum Gasteiger partial charge on any atom is -0.424 e. The predicted octanol–water partition coefficient (Wildman–Crippen LogP) is 5.64. The fourth-order valence-corrected chi connectivity index (χ4v) is 3.69. The SMILES string of the molecule is CCCCCC[P@](=O)(OC)Oc1ccc2ccccc2c1. The Morgan fingerprint density at radius 2 is 1.76 bits per heavy atom. The molecule has 0 amide bonds. The molecule has 0 N–H and O–H groups in total. The summed E-state index contributed by atoms with van der Waals surface area (Å²) in [6.45, 7) is 2.15. The summed E-state index contributed by atoms with van der Waals surface area (Å²) >= 11 is 0. The van der Waals surface area contributed by atoms with E-state index in [0.717, 1.165) is 36.5 Å². The number of rotatable bonds is 8. The van der Waals surface area contributed by atoms with Crippen LogP contribution in [-0.4, -0.2) is 13.3 Å². The molecule has 2 aromatic rings. The molecule has 0 aliphatic heterocycles. The van der Waals surface area contributed by atoms with Crippen LogP contribution in [0.15, 0.2) is 42.5 Å². The van der Waals surface area contributed by atoms with Gasteiger partial charge in [0, 0.05) is 7.11 Å². The van der Waals surface area contributed by atoms with Crippen molar-refractivity contribution in [3.05, 3.63) is 42.5 Å². The van der Waals surface area contributed by atoms with Gasteiger partial charge in [-0.15, -0.1) is 0 Å². The van der Waals surface area contributed by atoms with Gasteiger partial charge in [0.25, 0.3) is 0 Å². The zero-order valence-corrected chi connectivity index (χ0v) is 13.6. The second kappa shape index (κ2) is 7.63. The maximum atomic E-state index is 12.6. The molecule has 0 aliphatic rings. The van der Waals surface area contributed by atoms with Gasteiger partial charge in [0.15, 0.2) is 0 Å². The van der Waals surface area contributed by atoms with Crippen LogP contribution in [-0.2, 0) is 9.09 Å². The molecule has 0 spiro atoms. The van der Waals surface area contributed by atoms with Crippen LogP contribution in [0, 0.1) is 0 Å². The zero-order valence-electron chi connectivity index (χ0n) is 12.7. The highest BCUT2D eigenvalue weighted by Gasteiger charge is 2.23. The number of benzene rings is 2. The molecule has 0 heterocycles. The fourth-order valence-electron chi connectivity index (χ4n) is 2.29. The van der Waals surface area contributed by atoms with E-state index >= 15 is 0 Å². The molecular weight excluding hydrogens is 283 g/mol. The summed E-state index contributed by atoms with van der Waals surface area (Å²) in [5, 5.41) is 2.21. The lowest BCUT2D eigenvalue weighted by Crippen LogP contribution is -2.00. The van der Waals surface area contributed by atoms with Crippen molar-refractivity contribution in [3.63, 3.8) is 0 Å². The lowest BCUT2D eigenvalue weighted by molar-refractivity contribution is 0.320. The average Bonchev–Trinajstić information content (AvgIpc) is 2.51. The Kier molecular flexibility index (Phi) is 5.84. The normalized spacial score (nSPS) is 14.0. The second-order valence-electron chi connectivity index (χ2n) is 5.18. The maximum Gasteiger partial charge on any atom is 0.378 e. The Bertz CT molecular complexity index is 624. The first-order valence-corrected chi connectivity index (χ1v) is 9.23. The molecule has 0 fully saturated rings. The van der Waals surface area contributed by atoms with Crippen LogP contribution in [0.2, 0.25) is 0 Å². The van der Waals surface area contributed by atoms with Gasteiger partial charge in [0.05, 0.1) is 6.16 Å². The van der Waals surface area contributed by atoms with Gasteiger partial charge in [0.1, 0.15) is 5.75 Å². The van der Waals surface area contributed by atoms with Gasteiger partial charge in [-0.3, -0.25) is 0 Å². The highest BCUT2D eigenvalue weighted by atomic mass is 31.2. The van der Waals surface area contributed by atoms with Gasteiger partial charge in [-0.05, 0) is 29.3 Å². The third-order valence-corrected chi connectivity index (χ3v) is 5.44. The van der Waals surface area contributed by atoms with Crippen molar-refractivity contribution in [1.82, 2.24) is 0 Å². The van der Waals surface area contributed by atoms with E-state index in [-0.39, 0.29) is 0 Å². The topological polar surface area (TPSA) is 35.5 Å². The third kappa shape index (κ3) is 4.59. The molecule has 2 aromatic carbocycles. The van der Waals surface area contributed by atoms with Crippen LogP contribution in [0.1, 0.15) is 32.6 Å². The van der Waals surface area contributed by atoms with Crippen LogP contribution in [0.25, 0.3) is 10.8 Å². The molecule has 0 saturated heterocycles. The monoisotopic (exact) mass is 306 g/mol. The molecule has 114 valence electrons. The molecule has 0 aliphatic carbocycles. The lowest BCUT2D eigenvalue weighted by atomic mass is 10.1. The minimum absolute atomic E-state index is 0.469. The van der Waals surface area contributed by atoms with Crippen molar-refractivity contribution in [2.24, 2.45) is 0 Å². The third-order valence-electron chi connectivity index (χ3n) is 3.53. The summed E-state index contributed by atoms with van der Waals surface area (Å²) < 4.78 is 23.4. The van der Waals surface area contributed by atoms with E-state index in [1.54, 1.807) is 0 Å². The average molecular weight is 306 g/mol. The molecule has 2 rings (SSSR count). The van der Waals surface area contributed by atoms with Crippen LogP contribution >= 0.6 is 7.60 Å². The Balaban J connectivity index is 2.06. The number of fused-ring (bicyclic) bond motifs is 1. The molecule has 0 unspecified atom stereocenters. The number of unbranched alkanes of at least 4 members (excludes halogenated alkanes) is 3.